The summed E-state index contributed by atoms with van der Waals surface area (Å²) in [7, 11) is 0. The highest BCUT2D eigenvalue weighted by Crippen LogP contribution is 2.24. The molecule has 1 aliphatic heterocycles. The third kappa shape index (κ3) is 4.75. The molecule has 0 aromatic heterocycles. The van der Waals surface area contributed by atoms with E-state index < -0.39 is 17.5 Å². The van der Waals surface area contributed by atoms with Gasteiger partial charge < -0.3 is 10.6 Å². The molecular formula is C19H26ClN3O3. The van der Waals surface area contributed by atoms with E-state index in [2.05, 4.69) is 17.6 Å². The SMILES string of the molecule is CCCCCC[C@]1(C)NC(=O)N(CC(=O)Nc2ccc(C)c(Cl)c2)C1=O. The number of urea groups is 1. The molecule has 1 atom stereocenters. The van der Waals surface area contributed by atoms with Crippen LogP contribution >= 0.6 is 11.6 Å². The van der Waals surface area contributed by atoms with E-state index in [1.807, 2.05) is 6.92 Å². The number of anilines is 1. The van der Waals surface area contributed by atoms with Gasteiger partial charge in [-0.3, -0.25) is 14.5 Å². The Morgan fingerprint density at radius 3 is 2.65 bits per heavy atom. The maximum absolute atomic E-state index is 12.6. The molecule has 1 aromatic carbocycles. The standard InChI is InChI=1S/C19H26ClN3O3/c1-4-5-6-7-10-19(3)17(25)23(18(26)22-19)12-16(24)21-14-9-8-13(2)15(20)11-14/h8-9,11H,4-7,10,12H2,1-3H3,(H,21,24)(H,22,26)/t19-/m0/s1. The van der Waals surface area contributed by atoms with E-state index in [1.165, 1.54) is 0 Å². The number of hydrogen-bond donors (Lipinski definition) is 2. The summed E-state index contributed by atoms with van der Waals surface area (Å²) in [5.74, 6) is -0.792. The van der Waals surface area contributed by atoms with Gasteiger partial charge in [-0.2, -0.15) is 0 Å². The third-order valence-corrected chi connectivity index (χ3v) is 5.04. The minimum absolute atomic E-state index is 0.319. The Labute approximate surface area is 159 Å². The molecule has 1 aliphatic rings. The van der Waals surface area contributed by atoms with Crippen LogP contribution < -0.4 is 10.6 Å². The van der Waals surface area contributed by atoms with Gasteiger partial charge in [0.1, 0.15) is 12.1 Å². The molecule has 2 rings (SSSR count). The van der Waals surface area contributed by atoms with E-state index in [0.717, 1.165) is 36.1 Å². The van der Waals surface area contributed by atoms with Gasteiger partial charge in [-0.05, 0) is 38.0 Å². The number of carbonyl (C=O) groups excluding carboxylic acids is 3. The Morgan fingerprint density at radius 2 is 2.00 bits per heavy atom. The molecule has 6 nitrogen and oxygen atoms in total. The second-order valence-electron chi connectivity index (χ2n) is 6.98. The zero-order valence-electron chi connectivity index (χ0n) is 15.5. The van der Waals surface area contributed by atoms with Gasteiger partial charge in [0.15, 0.2) is 0 Å². The molecule has 26 heavy (non-hydrogen) atoms. The fourth-order valence-corrected chi connectivity index (χ4v) is 3.16. The minimum atomic E-state index is -0.932. The predicted octanol–water partition coefficient (Wildman–Crippen LogP) is 3.87. The van der Waals surface area contributed by atoms with E-state index in [-0.39, 0.29) is 12.5 Å². The predicted molar refractivity (Wildman–Crippen MR) is 102 cm³/mol. The molecular weight excluding hydrogens is 354 g/mol. The summed E-state index contributed by atoms with van der Waals surface area (Å²) in [6.07, 6.45) is 4.65. The average molecular weight is 380 g/mol. The molecule has 142 valence electrons. The van der Waals surface area contributed by atoms with Crippen LogP contribution in [0.3, 0.4) is 0 Å². The van der Waals surface area contributed by atoms with Gasteiger partial charge in [0.05, 0.1) is 0 Å². The second-order valence-corrected chi connectivity index (χ2v) is 7.38. The molecule has 0 aliphatic carbocycles. The maximum Gasteiger partial charge on any atom is 0.325 e. The van der Waals surface area contributed by atoms with E-state index in [0.29, 0.717) is 17.1 Å². The number of amides is 4. The summed E-state index contributed by atoms with van der Waals surface area (Å²) in [6, 6.07) is 4.63. The van der Waals surface area contributed by atoms with Crippen molar-refractivity contribution in [1.82, 2.24) is 10.2 Å². The molecule has 1 saturated heterocycles. The van der Waals surface area contributed by atoms with Gasteiger partial charge in [-0.1, -0.05) is 50.3 Å². The molecule has 0 bridgehead atoms. The fourth-order valence-electron chi connectivity index (χ4n) is 2.98. The smallest absolute Gasteiger partial charge is 0.324 e. The van der Waals surface area contributed by atoms with Crippen molar-refractivity contribution in [3.8, 4) is 0 Å². The maximum atomic E-state index is 12.6. The van der Waals surface area contributed by atoms with Gasteiger partial charge in [-0.15, -0.1) is 0 Å². The van der Waals surface area contributed by atoms with Crippen LogP contribution in [0.25, 0.3) is 0 Å². The minimum Gasteiger partial charge on any atom is -0.324 e. The molecule has 1 fully saturated rings. The van der Waals surface area contributed by atoms with Crippen LogP contribution in [0.4, 0.5) is 10.5 Å². The first-order valence-corrected chi connectivity index (χ1v) is 9.35. The van der Waals surface area contributed by atoms with Crippen LogP contribution in [0.5, 0.6) is 0 Å². The molecule has 1 aromatic rings. The Hall–Kier alpha value is -2.08. The van der Waals surface area contributed by atoms with Crippen molar-refractivity contribution < 1.29 is 14.4 Å². The van der Waals surface area contributed by atoms with E-state index in [1.54, 1.807) is 25.1 Å². The number of imide groups is 1. The molecule has 0 radical (unpaired) electrons. The normalized spacial score (nSPS) is 19.6. The summed E-state index contributed by atoms with van der Waals surface area (Å²) >= 11 is 6.04. The van der Waals surface area contributed by atoms with E-state index in [4.69, 9.17) is 11.6 Å². The van der Waals surface area contributed by atoms with Crippen LogP contribution in [-0.4, -0.2) is 34.8 Å². The molecule has 2 N–H and O–H groups in total. The van der Waals surface area contributed by atoms with Crippen molar-refractivity contribution in [1.29, 1.82) is 0 Å². The Kier molecular flexibility index (Phi) is 6.64. The Morgan fingerprint density at radius 1 is 1.27 bits per heavy atom. The van der Waals surface area contributed by atoms with Gasteiger partial charge in [0, 0.05) is 10.7 Å². The number of benzene rings is 1. The van der Waals surface area contributed by atoms with Crippen LogP contribution in [-0.2, 0) is 9.59 Å². The summed E-state index contributed by atoms with van der Waals surface area (Å²) in [5.41, 5.74) is 0.496. The lowest BCUT2D eigenvalue weighted by Crippen LogP contribution is -2.44. The number of halogens is 1. The Balaban J connectivity index is 1.95. The first kappa shape index (κ1) is 20.2. The molecule has 0 saturated carbocycles. The number of unbranched alkanes of at least 4 members (excludes halogenated alkanes) is 3. The number of nitrogens with zero attached hydrogens (tertiary/aromatic N) is 1. The summed E-state index contributed by atoms with van der Waals surface area (Å²) in [4.78, 5) is 38.0. The molecule has 7 heteroatoms. The van der Waals surface area contributed by atoms with Gasteiger partial charge in [0.2, 0.25) is 5.91 Å². The number of aryl methyl sites for hydroxylation is 1. The number of rotatable bonds is 8. The van der Waals surface area contributed by atoms with Crippen LogP contribution in [0.1, 0.15) is 51.5 Å². The fraction of sp³-hybridized carbons (Fsp3) is 0.526. The molecule has 4 amide bonds. The third-order valence-electron chi connectivity index (χ3n) is 4.63. The van der Waals surface area contributed by atoms with Gasteiger partial charge >= 0.3 is 6.03 Å². The van der Waals surface area contributed by atoms with Crippen molar-refractivity contribution >= 4 is 35.1 Å². The van der Waals surface area contributed by atoms with E-state index >= 15 is 0 Å². The lowest BCUT2D eigenvalue weighted by molar-refractivity contribution is -0.133. The van der Waals surface area contributed by atoms with Crippen molar-refractivity contribution in [2.24, 2.45) is 0 Å². The summed E-state index contributed by atoms with van der Waals surface area (Å²) in [5, 5.41) is 5.94. The lowest BCUT2D eigenvalue weighted by atomic mass is 9.94. The van der Waals surface area contributed by atoms with E-state index in [9.17, 15) is 14.4 Å². The zero-order valence-corrected chi connectivity index (χ0v) is 16.3. The summed E-state index contributed by atoms with van der Waals surface area (Å²) < 4.78 is 0. The van der Waals surface area contributed by atoms with Crippen LogP contribution in [0, 0.1) is 6.92 Å². The second kappa shape index (κ2) is 8.54. The number of nitrogens with one attached hydrogen (secondary N) is 2. The van der Waals surface area contributed by atoms with Crippen molar-refractivity contribution in [2.75, 3.05) is 11.9 Å². The molecule has 1 heterocycles. The summed E-state index contributed by atoms with van der Waals surface area (Å²) in [6.45, 7) is 5.38. The first-order valence-electron chi connectivity index (χ1n) is 8.97. The highest BCUT2D eigenvalue weighted by molar-refractivity contribution is 6.31. The first-order chi connectivity index (χ1) is 12.3. The highest BCUT2D eigenvalue weighted by Gasteiger charge is 2.47. The highest BCUT2D eigenvalue weighted by atomic mass is 35.5. The zero-order chi connectivity index (χ0) is 19.3. The topological polar surface area (TPSA) is 78.5 Å². The lowest BCUT2D eigenvalue weighted by Gasteiger charge is -2.21. The molecule has 0 spiro atoms. The average Bonchev–Trinajstić information content (AvgIpc) is 2.79. The largest absolute Gasteiger partial charge is 0.325 e. The number of hydrogen-bond acceptors (Lipinski definition) is 3. The number of carbonyl (C=O) groups is 3. The van der Waals surface area contributed by atoms with Crippen LogP contribution in [0.15, 0.2) is 18.2 Å². The van der Waals surface area contributed by atoms with Gasteiger partial charge in [0.25, 0.3) is 5.91 Å². The Bertz CT molecular complexity index is 707. The van der Waals surface area contributed by atoms with Gasteiger partial charge in [-0.25, -0.2) is 4.79 Å². The quantitative estimate of drug-likeness (QED) is 0.531. The van der Waals surface area contributed by atoms with Crippen molar-refractivity contribution in [3.63, 3.8) is 0 Å². The van der Waals surface area contributed by atoms with Crippen molar-refractivity contribution in [3.05, 3.63) is 28.8 Å². The molecule has 0 unspecified atom stereocenters. The van der Waals surface area contributed by atoms with Crippen LogP contribution in [0.2, 0.25) is 5.02 Å². The van der Waals surface area contributed by atoms with Crippen molar-refractivity contribution in [2.45, 2.75) is 58.4 Å². The monoisotopic (exact) mass is 379 g/mol.